The number of nitrogens with one attached hydrogen (secondary N) is 2. The molecule has 2 N–H and O–H groups in total. The molecule has 8 heteroatoms. The Balaban J connectivity index is 1.06. The largest absolute Gasteiger partial charge is 0.338 e. The van der Waals surface area contributed by atoms with Gasteiger partial charge in [-0.15, -0.1) is 0 Å². The molecule has 5 fully saturated rings. The minimum atomic E-state index is -3.60. The Kier molecular flexibility index (Phi) is 4.33. The lowest BCUT2D eigenvalue weighted by Crippen LogP contribution is -2.93. The summed E-state index contributed by atoms with van der Waals surface area (Å²) < 4.78 is 27.9. The Hall–Kier alpha value is -1.31. The summed E-state index contributed by atoms with van der Waals surface area (Å²) in [5, 5.41) is 6.85. The number of halogens is 1. The van der Waals surface area contributed by atoms with Crippen molar-refractivity contribution in [3.63, 3.8) is 0 Å². The van der Waals surface area contributed by atoms with Crippen molar-refractivity contribution in [1.29, 1.82) is 0 Å². The maximum Gasteiger partial charge on any atom is 0.315 e. The first kappa shape index (κ1) is 20.3. The van der Waals surface area contributed by atoms with Crippen LogP contribution in [0.15, 0.2) is 23.1 Å². The Morgan fingerprint density at radius 1 is 1.23 bits per heavy atom. The van der Waals surface area contributed by atoms with Gasteiger partial charge in [0.15, 0.2) is 0 Å². The van der Waals surface area contributed by atoms with E-state index in [2.05, 4.69) is 10.6 Å². The van der Waals surface area contributed by atoms with Crippen LogP contribution in [0, 0.1) is 36.0 Å². The average molecular weight is 464 g/mol. The number of sulfonamides is 1. The number of hydrogen-bond acceptors (Lipinski definition) is 3. The van der Waals surface area contributed by atoms with Crippen molar-refractivity contribution in [2.24, 2.45) is 29.1 Å². The first-order valence-electron chi connectivity index (χ1n) is 11.6. The second kappa shape index (κ2) is 6.61. The second-order valence-corrected chi connectivity index (χ2v) is 12.9. The molecule has 4 aliphatic carbocycles. The van der Waals surface area contributed by atoms with E-state index in [1.165, 1.54) is 12.8 Å². The van der Waals surface area contributed by atoms with Crippen LogP contribution in [0.5, 0.6) is 0 Å². The number of urea groups is 1. The molecule has 6 nitrogen and oxygen atoms in total. The van der Waals surface area contributed by atoms with Crippen molar-refractivity contribution >= 4 is 27.7 Å². The second-order valence-electron chi connectivity index (χ2n) is 10.6. The zero-order valence-electron chi connectivity index (χ0n) is 17.9. The van der Waals surface area contributed by atoms with E-state index >= 15 is 0 Å². The molecule has 2 amide bonds. The molecule has 0 aromatic heterocycles. The summed E-state index contributed by atoms with van der Waals surface area (Å²) in [4.78, 5) is 13.0. The van der Waals surface area contributed by atoms with Crippen LogP contribution in [0.1, 0.15) is 44.1 Å². The number of carbonyl (C=O) groups excluding carboxylic acids is 1. The van der Waals surface area contributed by atoms with Crippen LogP contribution in [0.25, 0.3) is 0 Å². The third kappa shape index (κ3) is 2.54. The van der Waals surface area contributed by atoms with Crippen molar-refractivity contribution in [1.82, 2.24) is 14.9 Å². The van der Waals surface area contributed by atoms with Crippen molar-refractivity contribution in [3.8, 4) is 0 Å². The standard InChI is InChI=1S/C23H30ClN3O3S/c1-14-19(24)5-2-6-20(14)31(29,30)27-7-3-4-15(13-27)12-25-21(28)26-22-10-17-8-16-9-18(11-22)23(16,17)22/h2,5-6,15-18H,3-4,7-13H2,1H3,(H2,25,26,28)/t15?,16?,17-,18?,22?,23?/m0/s1. The quantitative estimate of drug-likeness (QED) is 0.701. The molecule has 5 aliphatic rings. The van der Waals surface area contributed by atoms with Crippen LogP contribution in [0.3, 0.4) is 0 Å². The molecule has 0 radical (unpaired) electrons. The molecular formula is C23H30ClN3O3S. The van der Waals surface area contributed by atoms with Crippen LogP contribution in [-0.4, -0.2) is 43.9 Å². The van der Waals surface area contributed by atoms with E-state index in [9.17, 15) is 13.2 Å². The Morgan fingerprint density at radius 3 is 2.65 bits per heavy atom. The van der Waals surface area contributed by atoms with Gasteiger partial charge in [-0.3, -0.25) is 0 Å². The zero-order chi connectivity index (χ0) is 21.6. The van der Waals surface area contributed by atoms with Gasteiger partial charge in [-0.1, -0.05) is 17.7 Å². The third-order valence-corrected chi connectivity index (χ3v) is 11.8. The van der Waals surface area contributed by atoms with Crippen LogP contribution < -0.4 is 10.6 Å². The van der Waals surface area contributed by atoms with Gasteiger partial charge in [-0.25, -0.2) is 13.2 Å². The lowest BCUT2D eigenvalue weighted by atomic mass is 9.15. The molecule has 31 heavy (non-hydrogen) atoms. The van der Waals surface area contributed by atoms with Gasteiger partial charge in [0.2, 0.25) is 10.0 Å². The zero-order valence-corrected chi connectivity index (χ0v) is 19.4. The molecule has 1 saturated heterocycles. The van der Waals surface area contributed by atoms with Gasteiger partial charge < -0.3 is 10.6 Å². The maximum atomic E-state index is 13.2. The fraction of sp³-hybridized carbons (Fsp3) is 0.696. The molecule has 1 aromatic carbocycles. The Labute approximate surface area is 189 Å². The fourth-order valence-electron chi connectivity index (χ4n) is 8.06. The van der Waals surface area contributed by atoms with Gasteiger partial charge >= 0.3 is 6.03 Å². The summed E-state index contributed by atoms with van der Waals surface area (Å²) >= 11 is 6.15. The lowest BCUT2D eigenvalue weighted by molar-refractivity contribution is -0.393. The number of benzene rings is 1. The molecule has 1 heterocycles. The van der Waals surface area contributed by atoms with E-state index in [4.69, 9.17) is 11.6 Å². The Morgan fingerprint density at radius 2 is 1.97 bits per heavy atom. The number of nitrogens with zero attached hydrogens (tertiary/aromatic N) is 1. The summed E-state index contributed by atoms with van der Waals surface area (Å²) in [5.41, 5.74) is 1.12. The molecule has 1 aromatic rings. The van der Waals surface area contributed by atoms with Gasteiger partial charge in [0, 0.05) is 35.6 Å². The summed E-state index contributed by atoms with van der Waals surface area (Å²) in [5.74, 6) is 2.69. The number of amides is 2. The highest BCUT2D eigenvalue weighted by Crippen LogP contribution is 2.89. The highest BCUT2D eigenvalue weighted by atomic mass is 35.5. The Bertz CT molecular complexity index is 1030. The van der Waals surface area contributed by atoms with E-state index in [1.54, 1.807) is 29.4 Å². The summed E-state index contributed by atoms with van der Waals surface area (Å²) in [6.45, 7) is 3.18. The van der Waals surface area contributed by atoms with E-state index in [-0.39, 0.29) is 22.4 Å². The van der Waals surface area contributed by atoms with Gasteiger partial charge in [-0.05, 0) is 86.8 Å². The summed E-state index contributed by atoms with van der Waals surface area (Å²) in [7, 11) is -3.60. The first-order chi connectivity index (χ1) is 14.8. The highest BCUT2D eigenvalue weighted by molar-refractivity contribution is 7.89. The topological polar surface area (TPSA) is 78.5 Å². The van der Waals surface area contributed by atoms with Crippen LogP contribution in [0.4, 0.5) is 4.79 Å². The smallest absolute Gasteiger partial charge is 0.315 e. The fourth-order valence-corrected chi connectivity index (χ4v) is 10.1. The van der Waals surface area contributed by atoms with Crippen molar-refractivity contribution in [2.45, 2.75) is 55.9 Å². The van der Waals surface area contributed by atoms with Crippen molar-refractivity contribution in [2.75, 3.05) is 19.6 Å². The summed E-state index contributed by atoms with van der Waals surface area (Å²) in [6, 6.07) is 4.94. The number of hydrogen-bond donors (Lipinski definition) is 2. The molecule has 5 unspecified atom stereocenters. The van der Waals surface area contributed by atoms with Crippen LogP contribution in [0.2, 0.25) is 5.02 Å². The molecule has 1 spiro atoms. The number of piperidine rings is 1. The molecule has 0 bridgehead atoms. The van der Waals surface area contributed by atoms with Crippen LogP contribution in [-0.2, 0) is 10.0 Å². The molecule has 168 valence electrons. The molecule has 6 atom stereocenters. The van der Waals surface area contributed by atoms with Gasteiger partial charge in [-0.2, -0.15) is 4.31 Å². The predicted octanol–water partition coefficient (Wildman–Crippen LogP) is 3.54. The number of rotatable bonds is 5. The monoisotopic (exact) mass is 463 g/mol. The molecular weight excluding hydrogens is 434 g/mol. The van der Waals surface area contributed by atoms with Gasteiger partial charge in [0.05, 0.1) is 4.90 Å². The minimum absolute atomic E-state index is 0.0691. The highest BCUT2D eigenvalue weighted by Gasteiger charge is 2.88. The predicted molar refractivity (Wildman–Crippen MR) is 118 cm³/mol. The van der Waals surface area contributed by atoms with Crippen molar-refractivity contribution in [3.05, 3.63) is 28.8 Å². The lowest BCUT2D eigenvalue weighted by Gasteiger charge is -2.90. The minimum Gasteiger partial charge on any atom is -0.338 e. The maximum absolute atomic E-state index is 13.2. The third-order valence-electron chi connectivity index (χ3n) is 9.40. The normalized spacial score (nSPS) is 40.2. The van der Waals surface area contributed by atoms with E-state index in [0.717, 1.165) is 43.4 Å². The average Bonchev–Trinajstić information content (AvgIpc) is 2.69. The SMILES string of the molecule is Cc1c(Cl)cccc1S(=O)(=O)N1CCCC(CNC(=O)NC23CC4CC5C[C@@H](C2)C543)C1. The van der Waals surface area contributed by atoms with Gasteiger partial charge in [0.1, 0.15) is 0 Å². The first-order valence-corrected chi connectivity index (χ1v) is 13.4. The molecule has 4 saturated carbocycles. The molecule has 1 aliphatic heterocycles. The van der Waals surface area contributed by atoms with E-state index < -0.39 is 10.0 Å². The summed E-state index contributed by atoms with van der Waals surface area (Å²) in [6.07, 6.45) is 6.77. The molecule has 6 rings (SSSR count). The van der Waals surface area contributed by atoms with E-state index in [1.807, 2.05) is 0 Å². The van der Waals surface area contributed by atoms with Crippen molar-refractivity contribution < 1.29 is 13.2 Å². The van der Waals surface area contributed by atoms with Crippen LogP contribution >= 0.6 is 11.6 Å². The van der Waals surface area contributed by atoms with E-state index in [0.29, 0.717) is 35.6 Å². The van der Waals surface area contributed by atoms with Gasteiger partial charge in [0.25, 0.3) is 0 Å². The number of carbonyl (C=O) groups is 1.